The second-order valence-electron chi connectivity index (χ2n) is 6.20. The Morgan fingerprint density at radius 2 is 2.00 bits per heavy atom. The van der Waals surface area contributed by atoms with E-state index in [1.165, 1.54) is 12.3 Å². The first-order chi connectivity index (χ1) is 13.3. The van der Waals surface area contributed by atoms with Crippen LogP contribution < -0.4 is 16.1 Å². The highest BCUT2D eigenvalue weighted by Crippen LogP contribution is 2.29. The average Bonchev–Trinajstić information content (AvgIpc) is 3.09. The summed E-state index contributed by atoms with van der Waals surface area (Å²) in [5.74, 6) is 1.92. The van der Waals surface area contributed by atoms with Crippen molar-refractivity contribution in [2.45, 2.75) is 12.7 Å². The summed E-state index contributed by atoms with van der Waals surface area (Å²) in [7, 11) is 0. The van der Waals surface area contributed by atoms with Gasteiger partial charge in [-0.25, -0.2) is 4.98 Å². The van der Waals surface area contributed by atoms with E-state index in [9.17, 15) is 13.2 Å². The van der Waals surface area contributed by atoms with Crippen LogP contribution in [0.5, 0.6) is 0 Å². The van der Waals surface area contributed by atoms with Crippen molar-refractivity contribution in [2.75, 3.05) is 31.1 Å². The number of piperazine rings is 1. The number of thiocarbonyl (C=S) groups is 1. The van der Waals surface area contributed by atoms with E-state index in [2.05, 4.69) is 32.6 Å². The highest BCUT2D eigenvalue weighted by atomic mass is 32.1. The van der Waals surface area contributed by atoms with E-state index in [1.807, 2.05) is 11.0 Å². The number of nitrogens with two attached hydrogens (primary N) is 1. The SMILES string of the molecule is NC(=S)N/N=C/c1ccc(CN2CCN(c3ccc(C(F)(F)F)cn3)CC2)o1. The summed E-state index contributed by atoms with van der Waals surface area (Å²) in [6, 6.07) is 6.14. The van der Waals surface area contributed by atoms with Gasteiger partial charge in [0, 0.05) is 32.4 Å². The van der Waals surface area contributed by atoms with Crippen molar-refractivity contribution >= 4 is 29.4 Å². The Bertz CT molecular complexity index is 828. The lowest BCUT2D eigenvalue weighted by atomic mass is 10.2. The molecule has 150 valence electrons. The summed E-state index contributed by atoms with van der Waals surface area (Å²) in [5, 5.41) is 3.91. The standard InChI is InChI=1S/C17H19F3N6OS/c18-17(19,20)12-1-4-15(22-9-12)26-7-5-25(6-8-26)11-14-3-2-13(27-14)10-23-24-16(21)28/h1-4,9-10H,5-8,11H2,(H3,21,24,28)/b23-10+. The summed E-state index contributed by atoms with van der Waals surface area (Å²) in [6.45, 7) is 3.47. The van der Waals surface area contributed by atoms with Crippen LogP contribution in [-0.4, -0.2) is 47.4 Å². The van der Waals surface area contributed by atoms with Gasteiger partial charge in [-0.05, 0) is 36.5 Å². The van der Waals surface area contributed by atoms with Gasteiger partial charge in [0.25, 0.3) is 0 Å². The van der Waals surface area contributed by atoms with Crippen LogP contribution >= 0.6 is 12.2 Å². The molecule has 0 aliphatic carbocycles. The Hall–Kier alpha value is -2.66. The topological polar surface area (TPSA) is 82.9 Å². The minimum atomic E-state index is -4.37. The van der Waals surface area contributed by atoms with E-state index in [0.29, 0.717) is 31.2 Å². The second-order valence-corrected chi connectivity index (χ2v) is 6.64. The van der Waals surface area contributed by atoms with Crippen molar-refractivity contribution in [1.29, 1.82) is 0 Å². The number of nitrogens with one attached hydrogen (secondary N) is 1. The number of furan rings is 1. The highest BCUT2D eigenvalue weighted by Gasteiger charge is 2.31. The first kappa shape index (κ1) is 20.1. The highest BCUT2D eigenvalue weighted by molar-refractivity contribution is 7.80. The number of hydrogen-bond donors (Lipinski definition) is 2. The minimum Gasteiger partial charge on any atom is -0.459 e. The minimum absolute atomic E-state index is 0.0726. The molecule has 2 aromatic heterocycles. The zero-order valence-corrected chi connectivity index (χ0v) is 15.6. The second kappa shape index (κ2) is 8.57. The lowest BCUT2D eigenvalue weighted by molar-refractivity contribution is -0.137. The van der Waals surface area contributed by atoms with Crippen LogP contribution in [0.2, 0.25) is 0 Å². The molecule has 0 bridgehead atoms. The van der Waals surface area contributed by atoms with Gasteiger partial charge in [-0.1, -0.05) is 0 Å². The summed E-state index contributed by atoms with van der Waals surface area (Å²) in [4.78, 5) is 8.12. The maximum atomic E-state index is 12.6. The van der Waals surface area contributed by atoms with Gasteiger partial charge in [0.15, 0.2) is 5.11 Å². The van der Waals surface area contributed by atoms with E-state index < -0.39 is 11.7 Å². The van der Waals surface area contributed by atoms with Crippen molar-refractivity contribution in [2.24, 2.45) is 10.8 Å². The number of halogens is 3. The molecule has 0 atom stereocenters. The summed E-state index contributed by atoms with van der Waals surface area (Å²) < 4.78 is 43.6. The lowest BCUT2D eigenvalue weighted by Gasteiger charge is -2.35. The molecule has 0 unspecified atom stereocenters. The fraction of sp³-hybridized carbons (Fsp3) is 0.353. The van der Waals surface area contributed by atoms with Crippen LogP contribution in [0.1, 0.15) is 17.1 Å². The van der Waals surface area contributed by atoms with Gasteiger partial charge >= 0.3 is 6.18 Å². The maximum absolute atomic E-state index is 12.6. The fourth-order valence-corrected chi connectivity index (χ4v) is 2.86. The lowest BCUT2D eigenvalue weighted by Crippen LogP contribution is -2.46. The fourth-order valence-electron chi connectivity index (χ4n) is 2.80. The van der Waals surface area contributed by atoms with Gasteiger partial charge in [0.1, 0.15) is 17.3 Å². The van der Waals surface area contributed by atoms with Crippen LogP contribution in [0, 0.1) is 0 Å². The molecule has 0 spiro atoms. The number of pyridine rings is 1. The summed E-state index contributed by atoms with van der Waals surface area (Å²) in [5.41, 5.74) is 6.99. The average molecular weight is 412 g/mol. The van der Waals surface area contributed by atoms with E-state index in [0.717, 1.165) is 31.1 Å². The first-order valence-electron chi connectivity index (χ1n) is 8.49. The molecule has 7 nitrogen and oxygen atoms in total. The number of hydrazone groups is 1. The largest absolute Gasteiger partial charge is 0.459 e. The van der Waals surface area contributed by atoms with E-state index in [4.69, 9.17) is 10.2 Å². The third-order valence-corrected chi connectivity index (χ3v) is 4.29. The van der Waals surface area contributed by atoms with Crippen LogP contribution in [0.15, 0.2) is 40.0 Å². The Morgan fingerprint density at radius 3 is 2.61 bits per heavy atom. The zero-order valence-electron chi connectivity index (χ0n) is 14.8. The third kappa shape index (κ3) is 5.42. The molecule has 1 saturated heterocycles. The zero-order chi connectivity index (χ0) is 20.1. The molecule has 1 fully saturated rings. The number of aromatic nitrogens is 1. The molecule has 1 aliphatic heterocycles. The Balaban J connectivity index is 1.50. The Morgan fingerprint density at radius 1 is 1.25 bits per heavy atom. The molecular formula is C17H19F3N6OS. The number of rotatable bonds is 5. The molecule has 2 aromatic rings. The number of alkyl halides is 3. The number of hydrogen-bond acceptors (Lipinski definition) is 6. The first-order valence-corrected chi connectivity index (χ1v) is 8.90. The normalized spacial score (nSPS) is 15.9. The number of nitrogens with zero attached hydrogens (tertiary/aromatic N) is 4. The van der Waals surface area contributed by atoms with Crippen LogP contribution in [0.25, 0.3) is 0 Å². The van der Waals surface area contributed by atoms with Gasteiger partial charge in [0.05, 0.1) is 18.3 Å². The molecule has 0 saturated carbocycles. The predicted octanol–water partition coefficient (Wildman–Crippen LogP) is 2.18. The van der Waals surface area contributed by atoms with Crippen molar-refractivity contribution in [3.8, 4) is 0 Å². The van der Waals surface area contributed by atoms with Gasteiger partial charge in [0.2, 0.25) is 0 Å². The molecule has 11 heteroatoms. The van der Waals surface area contributed by atoms with Crippen molar-refractivity contribution < 1.29 is 17.6 Å². The third-order valence-electron chi connectivity index (χ3n) is 4.20. The quantitative estimate of drug-likeness (QED) is 0.443. The molecular weight excluding hydrogens is 393 g/mol. The maximum Gasteiger partial charge on any atom is 0.417 e. The molecule has 0 aromatic carbocycles. The van der Waals surface area contributed by atoms with Gasteiger partial charge in [-0.15, -0.1) is 0 Å². The molecule has 1 aliphatic rings. The van der Waals surface area contributed by atoms with Crippen molar-refractivity contribution in [3.63, 3.8) is 0 Å². The Kier molecular flexibility index (Phi) is 6.15. The van der Waals surface area contributed by atoms with E-state index in [-0.39, 0.29) is 5.11 Å². The van der Waals surface area contributed by atoms with Crippen molar-refractivity contribution in [3.05, 3.63) is 47.5 Å². The van der Waals surface area contributed by atoms with E-state index >= 15 is 0 Å². The van der Waals surface area contributed by atoms with Gasteiger partial charge < -0.3 is 15.1 Å². The summed E-state index contributed by atoms with van der Waals surface area (Å²) in [6.07, 6.45) is -2.01. The summed E-state index contributed by atoms with van der Waals surface area (Å²) >= 11 is 4.65. The van der Waals surface area contributed by atoms with E-state index in [1.54, 1.807) is 6.07 Å². The molecule has 3 N–H and O–H groups in total. The monoisotopic (exact) mass is 412 g/mol. The predicted molar refractivity (Wildman–Crippen MR) is 103 cm³/mol. The van der Waals surface area contributed by atoms with Crippen LogP contribution in [0.3, 0.4) is 0 Å². The van der Waals surface area contributed by atoms with Gasteiger partial charge in [-0.2, -0.15) is 18.3 Å². The molecule has 3 rings (SSSR count). The smallest absolute Gasteiger partial charge is 0.417 e. The Labute approximate surface area is 165 Å². The molecule has 3 heterocycles. The van der Waals surface area contributed by atoms with Crippen LogP contribution in [-0.2, 0) is 12.7 Å². The molecule has 0 amide bonds. The van der Waals surface area contributed by atoms with Gasteiger partial charge in [-0.3, -0.25) is 10.3 Å². The van der Waals surface area contributed by atoms with Crippen molar-refractivity contribution in [1.82, 2.24) is 15.3 Å². The number of anilines is 1. The molecule has 0 radical (unpaired) electrons. The van der Waals surface area contributed by atoms with Crippen LogP contribution in [0.4, 0.5) is 19.0 Å². The molecule has 28 heavy (non-hydrogen) atoms.